The van der Waals surface area contributed by atoms with E-state index >= 15 is 0 Å². The van der Waals surface area contributed by atoms with Crippen molar-refractivity contribution >= 4 is 33.6 Å². The first-order valence-corrected chi connectivity index (χ1v) is 12.4. The fraction of sp³-hybridized carbons (Fsp3) is 0.103. The summed E-state index contributed by atoms with van der Waals surface area (Å²) in [4.78, 5) is 36.0. The SMILES string of the molecule is CC[C@H](Nc1ncnc2cccc(F)c12)c1nc2cccc(-c3cnc(N)nc3)c2c(=O)n1-c1ccccc1. The predicted octanol–water partition coefficient (Wildman–Crippen LogP) is 5.07. The fourth-order valence-electron chi connectivity index (χ4n) is 4.72. The monoisotopic (exact) mass is 518 g/mol. The molecule has 0 saturated heterocycles. The van der Waals surface area contributed by atoms with Gasteiger partial charge in [-0.25, -0.2) is 29.3 Å². The number of nitrogen functional groups attached to an aromatic ring is 1. The number of halogens is 1. The highest BCUT2D eigenvalue weighted by Gasteiger charge is 2.23. The highest BCUT2D eigenvalue weighted by Crippen LogP contribution is 2.30. The summed E-state index contributed by atoms with van der Waals surface area (Å²) >= 11 is 0. The average Bonchev–Trinajstić information content (AvgIpc) is 2.96. The molecule has 3 heterocycles. The Kier molecular flexibility index (Phi) is 6.12. The molecule has 0 radical (unpaired) electrons. The van der Waals surface area contributed by atoms with E-state index in [9.17, 15) is 9.18 Å². The molecule has 0 aliphatic rings. The highest BCUT2D eigenvalue weighted by molar-refractivity contribution is 5.94. The molecule has 3 aromatic carbocycles. The summed E-state index contributed by atoms with van der Waals surface area (Å²) in [6.45, 7) is 1.96. The van der Waals surface area contributed by atoms with Crippen LogP contribution in [0.2, 0.25) is 0 Å². The molecule has 0 unspecified atom stereocenters. The number of fused-ring (bicyclic) bond motifs is 2. The summed E-state index contributed by atoms with van der Waals surface area (Å²) in [6.07, 6.45) is 5.09. The van der Waals surface area contributed by atoms with E-state index in [1.54, 1.807) is 35.2 Å². The largest absolute Gasteiger partial charge is 0.368 e. The Morgan fingerprint density at radius 3 is 2.41 bits per heavy atom. The van der Waals surface area contributed by atoms with Crippen LogP contribution < -0.4 is 16.6 Å². The molecule has 39 heavy (non-hydrogen) atoms. The van der Waals surface area contributed by atoms with Gasteiger partial charge in [0.05, 0.1) is 33.5 Å². The minimum Gasteiger partial charge on any atom is -0.368 e. The van der Waals surface area contributed by atoms with E-state index in [0.717, 1.165) is 0 Å². The zero-order valence-electron chi connectivity index (χ0n) is 20.9. The molecule has 3 aromatic heterocycles. The van der Waals surface area contributed by atoms with Gasteiger partial charge in [0.2, 0.25) is 5.95 Å². The molecule has 0 spiro atoms. The van der Waals surface area contributed by atoms with E-state index in [4.69, 9.17) is 10.7 Å². The van der Waals surface area contributed by atoms with E-state index in [1.165, 1.54) is 12.4 Å². The number of nitrogens with two attached hydrogens (primary N) is 1. The maximum absolute atomic E-state index is 14.8. The minimum atomic E-state index is -0.483. The third-order valence-corrected chi connectivity index (χ3v) is 6.56. The standard InChI is InChI=1S/C29H23FN8O/c1-2-21(36-26-25-20(30)11-7-12-22(25)34-16-35-26)27-37-23-13-6-10-19(17-14-32-29(31)33-15-17)24(23)28(39)38(27)18-8-4-3-5-9-18/h3-16,21H,2H2,1H3,(H2,31,32,33)(H,34,35,36)/t21-/m0/s1. The molecule has 0 aliphatic carbocycles. The summed E-state index contributed by atoms with van der Waals surface area (Å²) < 4.78 is 16.4. The molecule has 0 saturated carbocycles. The van der Waals surface area contributed by atoms with Gasteiger partial charge in [-0.2, -0.15) is 0 Å². The molecule has 6 aromatic rings. The van der Waals surface area contributed by atoms with E-state index in [-0.39, 0.29) is 16.9 Å². The first-order chi connectivity index (χ1) is 19.0. The fourth-order valence-corrected chi connectivity index (χ4v) is 4.72. The summed E-state index contributed by atoms with van der Waals surface area (Å²) in [5, 5.41) is 4.04. The van der Waals surface area contributed by atoms with Crippen LogP contribution in [0.15, 0.2) is 90.2 Å². The number of rotatable bonds is 6. The first kappa shape index (κ1) is 24.1. The van der Waals surface area contributed by atoms with E-state index in [2.05, 4.69) is 25.3 Å². The van der Waals surface area contributed by atoms with Crippen LogP contribution in [0.5, 0.6) is 0 Å². The van der Waals surface area contributed by atoms with E-state index < -0.39 is 11.9 Å². The molecular weight excluding hydrogens is 495 g/mol. The van der Waals surface area contributed by atoms with Crippen molar-refractivity contribution in [3.63, 3.8) is 0 Å². The first-order valence-electron chi connectivity index (χ1n) is 12.4. The zero-order chi connectivity index (χ0) is 26.9. The maximum Gasteiger partial charge on any atom is 0.266 e. The Bertz CT molecular complexity index is 1870. The van der Waals surface area contributed by atoms with Crippen LogP contribution in [-0.2, 0) is 0 Å². The van der Waals surface area contributed by atoms with Gasteiger partial charge < -0.3 is 11.1 Å². The third kappa shape index (κ3) is 4.31. The van der Waals surface area contributed by atoms with E-state index in [1.807, 2.05) is 49.4 Å². The summed E-state index contributed by atoms with van der Waals surface area (Å²) in [6, 6.07) is 19.0. The second kappa shape index (κ2) is 9.90. The summed E-state index contributed by atoms with van der Waals surface area (Å²) in [5.74, 6) is 0.501. The molecule has 10 heteroatoms. The quantitative estimate of drug-likeness (QED) is 0.313. The Morgan fingerprint density at radius 2 is 1.64 bits per heavy atom. The number of nitrogens with zero attached hydrogens (tertiary/aromatic N) is 6. The van der Waals surface area contributed by atoms with Gasteiger partial charge in [0.1, 0.15) is 23.8 Å². The summed E-state index contributed by atoms with van der Waals surface area (Å²) in [5.41, 5.74) is 8.35. The van der Waals surface area contributed by atoms with E-state index in [0.29, 0.717) is 51.3 Å². The molecule has 3 N–H and O–H groups in total. The normalized spacial score (nSPS) is 12.1. The Morgan fingerprint density at radius 1 is 0.897 bits per heavy atom. The third-order valence-electron chi connectivity index (χ3n) is 6.56. The van der Waals surface area contributed by atoms with Crippen molar-refractivity contribution in [2.45, 2.75) is 19.4 Å². The van der Waals surface area contributed by atoms with Gasteiger partial charge in [-0.1, -0.05) is 43.3 Å². The van der Waals surface area contributed by atoms with Gasteiger partial charge >= 0.3 is 0 Å². The molecule has 6 rings (SSSR count). The number of aromatic nitrogens is 6. The van der Waals surface area contributed by atoms with Crippen molar-refractivity contribution in [2.75, 3.05) is 11.1 Å². The lowest BCUT2D eigenvalue weighted by molar-refractivity contribution is 0.636. The average molecular weight is 519 g/mol. The number of para-hydroxylation sites is 1. The van der Waals surface area contributed by atoms with Crippen molar-refractivity contribution in [2.24, 2.45) is 0 Å². The molecule has 192 valence electrons. The second-order valence-electron chi connectivity index (χ2n) is 8.94. The van der Waals surface area contributed by atoms with Gasteiger partial charge in [-0.05, 0) is 42.3 Å². The molecule has 1 atom stereocenters. The Labute approximate surface area is 222 Å². The van der Waals surface area contributed by atoms with Crippen LogP contribution in [0.3, 0.4) is 0 Å². The lowest BCUT2D eigenvalue weighted by Crippen LogP contribution is -2.28. The summed E-state index contributed by atoms with van der Waals surface area (Å²) in [7, 11) is 0. The van der Waals surface area contributed by atoms with Crippen LogP contribution in [-0.4, -0.2) is 29.5 Å². The van der Waals surface area contributed by atoms with Crippen LogP contribution in [0.25, 0.3) is 38.6 Å². The molecule has 0 fully saturated rings. The number of hydrogen-bond donors (Lipinski definition) is 2. The van der Waals surface area contributed by atoms with Crippen LogP contribution in [0.1, 0.15) is 25.2 Å². The number of hydrogen-bond acceptors (Lipinski definition) is 8. The van der Waals surface area contributed by atoms with Crippen molar-refractivity contribution in [3.05, 3.63) is 107 Å². The maximum atomic E-state index is 14.8. The van der Waals surface area contributed by atoms with Gasteiger partial charge in [0.25, 0.3) is 5.56 Å². The number of nitrogens with one attached hydrogen (secondary N) is 1. The smallest absolute Gasteiger partial charge is 0.266 e. The Hall–Kier alpha value is -5.25. The zero-order valence-corrected chi connectivity index (χ0v) is 20.9. The molecule has 0 amide bonds. The van der Waals surface area contributed by atoms with Gasteiger partial charge in [0, 0.05) is 18.0 Å². The van der Waals surface area contributed by atoms with Crippen molar-refractivity contribution in [1.82, 2.24) is 29.5 Å². The number of anilines is 2. The molecule has 0 aliphatic heterocycles. The number of benzene rings is 3. The molecule has 0 bridgehead atoms. The van der Waals surface area contributed by atoms with Gasteiger partial charge in [-0.15, -0.1) is 0 Å². The van der Waals surface area contributed by atoms with Gasteiger partial charge in [-0.3, -0.25) is 9.36 Å². The van der Waals surface area contributed by atoms with Crippen molar-refractivity contribution in [1.29, 1.82) is 0 Å². The van der Waals surface area contributed by atoms with Crippen molar-refractivity contribution < 1.29 is 4.39 Å². The molecular formula is C29H23FN8O. The van der Waals surface area contributed by atoms with Gasteiger partial charge in [0.15, 0.2) is 0 Å². The van der Waals surface area contributed by atoms with Crippen molar-refractivity contribution in [3.8, 4) is 16.8 Å². The highest BCUT2D eigenvalue weighted by atomic mass is 19.1. The van der Waals surface area contributed by atoms with Crippen LogP contribution in [0.4, 0.5) is 16.2 Å². The van der Waals surface area contributed by atoms with Crippen LogP contribution in [0, 0.1) is 5.82 Å². The molecule has 9 nitrogen and oxygen atoms in total. The van der Waals surface area contributed by atoms with Crippen LogP contribution >= 0.6 is 0 Å². The topological polar surface area (TPSA) is 124 Å². The lowest BCUT2D eigenvalue weighted by atomic mass is 10.0. The second-order valence-corrected chi connectivity index (χ2v) is 8.94. The lowest BCUT2D eigenvalue weighted by Gasteiger charge is -2.23. The minimum absolute atomic E-state index is 0.145. The Balaban J connectivity index is 1.59. The predicted molar refractivity (Wildman–Crippen MR) is 149 cm³/mol.